The Morgan fingerprint density at radius 2 is 1.81 bits per heavy atom. The Morgan fingerprint density at radius 3 is 2.38 bits per heavy atom. The highest BCUT2D eigenvalue weighted by molar-refractivity contribution is 7.62. The van der Waals surface area contributed by atoms with Gasteiger partial charge in [0.1, 0.15) is 5.58 Å². The van der Waals surface area contributed by atoms with Gasteiger partial charge >= 0.3 is 5.63 Å². The molecule has 0 radical (unpaired) electrons. The van der Waals surface area contributed by atoms with Crippen molar-refractivity contribution in [3.8, 4) is 6.07 Å². The van der Waals surface area contributed by atoms with Gasteiger partial charge in [-0.2, -0.15) is 5.26 Å². The van der Waals surface area contributed by atoms with Gasteiger partial charge in [0.05, 0.1) is 18.1 Å². The minimum absolute atomic E-state index is 0.00248. The maximum absolute atomic E-state index is 14.2. The predicted octanol–water partition coefficient (Wildman–Crippen LogP) is 6.67. The second kappa shape index (κ2) is 12.2. The second-order valence-electron chi connectivity index (χ2n) is 13.6. The Kier molecular flexibility index (Phi) is 9.36. The fraction of sp³-hybridized carbons (Fsp3) is 0.667. The van der Waals surface area contributed by atoms with Crippen LogP contribution in [0.4, 0.5) is 5.69 Å². The third-order valence-electron chi connectivity index (χ3n) is 9.94. The lowest BCUT2D eigenvalue weighted by atomic mass is 9.80. The normalized spacial score (nSPS) is 19.5. The third-order valence-corrected chi connectivity index (χ3v) is 14.2. The highest BCUT2D eigenvalue weighted by atomic mass is 31.2. The first-order valence-electron chi connectivity index (χ1n) is 15.5. The van der Waals surface area contributed by atoms with E-state index in [1.807, 2.05) is 45.6 Å². The summed E-state index contributed by atoms with van der Waals surface area (Å²) in [5.74, 6) is 0.276. The number of piperidine rings is 1. The minimum Gasteiger partial charge on any atom is -0.422 e. The molecule has 1 amide bonds. The number of hydrogen-bond acceptors (Lipinski definition) is 6. The molecule has 3 heterocycles. The van der Waals surface area contributed by atoms with Crippen LogP contribution in [-0.2, 0) is 15.8 Å². The highest BCUT2D eigenvalue weighted by Gasteiger charge is 2.42. The molecule has 1 saturated heterocycles. The van der Waals surface area contributed by atoms with Crippen molar-refractivity contribution >= 4 is 29.9 Å². The standard InChI is InChI=1S/C33H49N4O4P/c1-21(2)42(40,22(3)4)37(14-10-13-34)25-11-15-36(16-12-25)31(38)18-28-24(6)27-17-26-23(5)20-33(7,8)35(9)29(26)19-30(27)41-32(28)39/h17,19,21-23,25H,10-12,14-16,18,20H2,1-9H3. The number of benzene rings is 1. The van der Waals surface area contributed by atoms with Crippen molar-refractivity contribution in [2.75, 3.05) is 31.6 Å². The summed E-state index contributed by atoms with van der Waals surface area (Å²) in [5.41, 5.74) is 3.65. The van der Waals surface area contributed by atoms with Crippen LogP contribution in [0.15, 0.2) is 21.3 Å². The van der Waals surface area contributed by atoms with E-state index in [9.17, 15) is 19.4 Å². The largest absolute Gasteiger partial charge is 0.422 e. The van der Waals surface area contributed by atoms with Crippen LogP contribution < -0.4 is 10.5 Å². The van der Waals surface area contributed by atoms with Crippen molar-refractivity contribution in [3.05, 3.63) is 39.2 Å². The van der Waals surface area contributed by atoms with E-state index < -0.39 is 12.9 Å². The number of nitriles is 1. The smallest absolute Gasteiger partial charge is 0.340 e. The van der Waals surface area contributed by atoms with Crippen LogP contribution in [0.1, 0.15) is 96.8 Å². The summed E-state index contributed by atoms with van der Waals surface area (Å²) >= 11 is 0. The number of anilines is 1. The van der Waals surface area contributed by atoms with Gasteiger partial charge in [0, 0.05) is 73.1 Å². The molecule has 2 aliphatic rings. The van der Waals surface area contributed by atoms with Crippen molar-refractivity contribution in [1.82, 2.24) is 9.57 Å². The molecular weight excluding hydrogens is 547 g/mol. The van der Waals surface area contributed by atoms with E-state index in [0.717, 1.165) is 23.1 Å². The van der Waals surface area contributed by atoms with Crippen molar-refractivity contribution in [2.24, 2.45) is 0 Å². The fourth-order valence-corrected chi connectivity index (χ4v) is 10.8. The predicted molar refractivity (Wildman–Crippen MR) is 171 cm³/mol. The molecule has 42 heavy (non-hydrogen) atoms. The number of carbonyl (C=O) groups excluding carboxylic acids is 1. The number of likely N-dealkylation sites (tertiary alicyclic amines) is 1. The molecule has 0 saturated carbocycles. The molecule has 2 aromatic rings. The summed E-state index contributed by atoms with van der Waals surface area (Å²) < 4.78 is 22.1. The van der Waals surface area contributed by atoms with E-state index in [1.165, 1.54) is 5.56 Å². The lowest BCUT2D eigenvalue weighted by Gasteiger charge is -2.45. The summed E-state index contributed by atoms with van der Waals surface area (Å²) in [6.07, 6.45) is 2.75. The molecule has 8 nitrogen and oxygen atoms in total. The average molecular weight is 597 g/mol. The van der Waals surface area contributed by atoms with Crippen molar-refractivity contribution in [2.45, 2.75) is 116 Å². The van der Waals surface area contributed by atoms with E-state index >= 15 is 0 Å². The number of nitrogens with zero attached hydrogens (tertiary/aromatic N) is 4. The first-order valence-corrected chi connectivity index (χ1v) is 17.3. The highest BCUT2D eigenvalue weighted by Crippen LogP contribution is 2.59. The van der Waals surface area contributed by atoms with Gasteiger partial charge in [-0.25, -0.2) is 9.46 Å². The summed E-state index contributed by atoms with van der Waals surface area (Å²) in [6.45, 7) is 18.2. The zero-order valence-corrected chi connectivity index (χ0v) is 27.9. The van der Waals surface area contributed by atoms with Crippen molar-refractivity contribution < 1.29 is 13.8 Å². The van der Waals surface area contributed by atoms with Gasteiger partial charge in [-0.1, -0.05) is 34.6 Å². The van der Waals surface area contributed by atoms with Crippen LogP contribution in [0, 0.1) is 18.3 Å². The van der Waals surface area contributed by atoms with E-state index in [2.05, 4.69) is 49.5 Å². The molecular formula is C33H49N4O4P. The number of hydrogen-bond donors (Lipinski definition) is 0. The Morgan fingerprint density at radius 1 is 1.19 bits per heavy atom. The number of rotatable bonds is 8. The molecule has 0 N–H and O–H groups in total. The molecule has 1 aromatic carbocycles. The zero-order valence-electron chi connectivity index (χ0n) is 27.0. The van der Waals surface area contributed by atoms with Crippen molar-refractivity contribution in [1.29, 1.82) is 5.26 Å². The van der Waals surface area contributed by atoms with Gasteiger partial charge in [-0.3, -0.25) is 4.79 Å². The van der Waals surface area contributed by atoms with Gasteiger partial charge < -0.3 is 18.8 Å². The quantitative estimate of drug-likeness (QED) is 0.248. The van der Waals surface area contributed by atoms with Crippen LogP contribution in [0.5, 0.6) is 0 Å². The maximum Gasteiger partial charge on any atom is 0.340 e. The second-order valence-corrected chi connectivity index (χ2v) is 17.5. The molecule has 1 aromatic heterocycles. The van der Waals surface area contributed by atoms with Crippen LogP contribution in [-0.4, -0.2) is 65.1 Å². The first-order chi connectivity index (χ1) is 19.6. The molecule has 230 valence electrons. The van der Waals surface area contributed by atoms with E-state index in [-0.39, 0.29) is 35.2 Å². The molecule has 1 unspecified atom stereocenters. The summed E-state index contributed by atoms with van der Waals surface area (Å²) in [4.78, 5) is 30.8. The Hall–Kier alpha value is -2.62. The van der Waals surface area contributed by atoms with Gasteiger partial charge in [0.25, 0.3) is 0 Å². The Bertz CT molecular complexity index is 1470. The molecule has 2 aliphatic heterocycles. The zero-order chi connectivity index (χ0) is 31.1. The number of amides is 1. The maximum atomic E-state index is 14.2. The molecule has 0 bridgehead atoms. The molecule has 9 heteroatoms. The SMILES string of the molecule is Cc1c(CC(=O)N2CCC(N(CCC#N)P(=O)(C(C)C)C(C)C)CC2)c(=O)oc2cc3c(cc12)C(C)CC(C)(C)N3C. The Balaban J connectivity index is 1.54. The van der Waals surface area contributed by atoms with Gasteiger partial charge in [0.2, 0.25) is 5.91 Å². The van der Waals surface area contributed by atoms with E-state index in [0.29, 0.717) is 56.0 Å². The third kappa shape index (κ3) is 5.80. The summed E-state index contributed by atoms with van der Waals surface area (Å²) in [6, 6.07) is 6.41. The lowest BCUT2D eigenvalue weighted by Crippen LogP contribution is -2.48. The number of fused-ring (bicyclic) bond motifs is 2. The first kappa shape index (κ1) is 32.3. The molecule has 4 rings (SSSR count). The molecule has 0 aliphatic carbocycles. The van der Waals surface area contributed by atoms with Crippen LogP contribution in [0.2, 0.25) is 0 Å². The van der Waals surface area contributed by atoms with Crippen LogP contribution in [0.3, 0.4) is 0 Å². The fourth-order valence-electron chi connectivity index (χ4n) is 7.28. The molecule has 0 spiro atoms. The number of aryl methyl sites for hydroxylation is 1. The Labute approximate surface area is 251 Å². The summed E-state index contributed by atoms with van der Waals surface area (Å²) in [7, 11) is -0.620. The van der Waals surface area contributed by atoms with Crippen LogP contribution in [0.25, 0.3) is 11.0 Å². The van der Waals surface area contributed by atoms with Gasteiger partial charge in [0.15, 0.2) is 7.29 Å². The monoisotopic (exact) mass is 596 g/mol. The van der Waals surface area contributed by atoms with E-state index in [4.69, 9.17) is 4.42 Å². The average Bonchev–Trinajstić information content (AvgIpc) is 2.93. The molecule has 1 atom stereocenters. The van der Waals surface area contributed by atoms with E-state index in [1.54, 1.807) is 0 Å². The lowest BCUT2D eigenvalue weighted by molar-refractivity contribution is -0.131. The van der Waals surface area contributed by atoms with Gasteiger partial charge in [-0.05, 0) is 63.1 Å². The van der Waals surface area contributed by atoms with Crippen molar-refractivity contribution in [3.63, 3.8) is 0 Å². The summed E-state index contributed by atoms with van der Waals surface area (Å²) in [5, 5.41) is 10.2. The van der Waals surface area contributed by atoms with Crippen LogP contribution >= 0.6 is 7.29 Å². The molecule has 1 fully saturated rings. The number of carbonyl (C=O) groups is 1. The van der Waals surface area contributed by atoms with Gasteiger partial charge in [-0.15, -0.1) is 0 Å². The minimum atomic E-state index is -2.71. The topological polar surface area (TPSA) is 97.9 Å².